The first-order valence-corrected chi connectivity index (χ1v) is 9.74. The van der Waals surface area contributed by atoms with E-state index < -0.39 is 5.97 Å². The number of para-hydroxylation sites is 2. The summed E-state index contributed by atoms with van der Waals surface area (Å²) in [7, 11) is 1.33. The summed E-state index contributed by atoms with van der Waals surface area (Å²) in [5, 5.41) is 3.44. The largest absolute Gasteiger partial charge is 0.465 e. The highest BCUT2D eigenvalue weighted by atomic mass is 32.2. The number of thioether (sulfide) groups is 1. The van der Waals surface area contributed by atoms with Crippen LogP contribution in [0.2, 0.25) is 0 Å². The van der Waals surface area contributed by atoms with Crippen molar-refractivity contribution in [3.8, 4) is 0 Å². The molecule has 0 saturated carbocycles. The van der Waals surface area contributed by atoms with Crippen LogP contribution in [0.15, 0.2) is 36.4 Å². The van der Waals surface area contributed by atoms with Crippen LogP contribution < -0.4 is 5.32 Å². The zero-order valence-corrected chi connectivity index (χ0v) is 15.4. The van der Waals surface area contributed by atoms with E-state index in [2.05, 4.69) is 15.0 Å². The summed E-state index contributed by atoms with van der Waals surface area (Å²) in [5.41, 5.74) is 1.81. The van der Waals surface area contributed by atoms with Crippen LogP contribution >= 0.6 is 23.1 Å². The summed E-state index contributed by atoms with van der Waals surface area (Å²) in [6.07, 6.45) is 2.00. The number of hydrogen-bond donors (Lipinski definition) is 1. The molecule has 0 spiro atoms. The van der Waals surface area contributed by atoms with Crippen molar-refractivity contribution in [1.29, 1.82) is 0 Å². The minimum Gasteiger partial charge on any atom is -0.465 e. The van der Waals surface area contributed by atoms with Crippen molar-refractivity contribution < 1.29 is 14.3 Å². The van der Waals surface area contributed by atoms with Gasteiger partial charge in [0.1, 0.15) is 17.2 Å². The zero-order valence-electron chi connectivity index (χ0n) is 13.8. The van der Waals surface area contributed by atoms with Crippen LogP contribution in [0.1, 0.15) is 15.5 Å². The number of anilines is 1. The number of benzene rings is 1. The van der Waals surface area contributed by atoms with Crippen molar-refractivity contribution in [2.45, 2.75) is 12.3 Å². The molecule has 8 heteroatoms. The van der Waals surface area contributed by atoms with Crippen LogP contribution in [0.25, 0.3) is 11.0 Å². The number of carbonyl (C=O) groups excluding carboxylic acids is 2. The van der Waals surface area contributed by atoms with E-state index in [1.807, 2.05) is 35.1 Å². The van der Waals surface area contributed by atoms with Crippen LogP contribution in [0.3, 0.4) is 0 Å². The van der Waals surface area contributed by atoms with Crippen LogP contribution in [0, 0.1) is 0 Å². The molecule has 0 aliphatic heterocycles. The van der Waals surface area contributed by atoms with Crippen molar-refractivity contribution in [3.63, 3.8) is 0 Å². The van der Waals surface area contributed by atoms with Crippen molar-refractivity contribution in [3.05, 3.63) is 47.1 Å². The minimum atomic E-state index is -0.409. The lowest BCUT2D eigenvalue weighted by Gasteiger charge is -2.08. The molecule has 3 aromatic rings. The van der Waals surface area contributed by atoms with Crippen molar-refractivity contribution >= 4 is 51.0 Å². The fourth-order valence-electron chi connectivity index (χ4n) is 2.48. The molecule has 130 valence electrons. The SMILES string of the molecule is COC(=O)c1ccc(NC(=O)Cn2c(CSC)nc3ccccc32)s1. The number of aromatic nitrogens is 2. The van der Waals surface area contributed by atoms with Crippen LogP contribution in [-0.2, 0) is 21.8 Å². The van der Waals surface area contributed by atoms with E-state index in [4.69, 9.17) is 0 Å². The first-order chi connectivity index (χ1) is 12.1. The molecule has 2 heterocycles. The predicted octanol–water partition coefficient (Wildman–Crippen LogP) is 3.39. The van der Waals surface area contributed by atoms with Gasteiger partial charge in [-0.05, 0) is 30.5 Å². The molecule has 1 aromatic carbocycles. The van der Waals surface area contributed by atoms with Gasteiger partial charge in [0, 0.05) is 0 Å². The Balaban J connectivity index is 1.78. The van der Waals surface area contributed by atoms with E-state index in [1.165, 1.54) is 18.4 Å². The zero-order chi connectivity index (χ0) is 17.8. The maximum absolute atomic E-state index is 12.5. The second kappa shape index (κ2) is 7.71. The van der Waals surface area contributed by atoms with Crippen LogP contribution in [0.4, 0.5) is 5.00 Å². The lowest BCUT2D eigenvalue weighted by Crippen LogP contribution is -2.19. The first kappa shape index (κ1) is 17.5. The Morgan fingerprint density at radius 2 is 2.08 bits per heavy atom. The van der Waals surface area contributed by atoms with E-state index in [0.717, 1.165) is 22.6 Å². The number of hydrogen-bond acceptors (Lipinski definition) is 6. The van der Waals surface area contributed by atoms with Crippen molar-refractivity contribution in [2.24, 2.45) is 0 Å². The molecule has 0 atom stereocenters. The summed E-state index contributed by atoms with van der Waals surface area (Å²) >= 11 is 2.85. The van der Waals surface area contributed by atoms with Gasteiger partial charge in [0.25, 0.3) is 0 Å². The van der Waals surface area contributed by atoms with Gasteiger partial charge in [0.15, 0.2) is 0 Å². The summed E-state index contributed by atoms with van der Waals surface area (Å²) in [6.45, 7) is 0.169. The Labute approximate surface area is 153 Å². The third kappa shape index (κ3) is 3.85. The maximum Gasteiger partial charge on any atom is 0.348 e. The molecule has 6 nitrogen and oxygen atoms in total. The molecule has 1 N–H and O–H groups in total. The Morgan fingerprint density at radius 3 is 2.84 bits per heavy atom. The van der Waals surface area contributed by atoms with Crippen molar-refractivity contribution in [1.82, 2.24) is 9.55 Å². The predicted molar refractivity (Wildman–Crippen MR) is 101 cm³/mol. The highest BCUT2D eigenvalue weighted by molar-refractivity contribution is 7.97. The van der Waals surface area contributed by atoms with E-state index in [9.17, 15) is 9.59 Å². The quantitative estimate of drug-likeness (QED) is 0.669. The smallest absolute Gasteiger partial charge is 0.348 e. The molecule has 0 fully saturated rings. The number of methoxy groups -OCH3 is 1. The van der Waals surface area contributed by atoms with Gasteiger partial charge in [-0.15, -0.1) is 11.3 Å². The fraction of sp³-hybridized carbons (Fsp3) is 0.235. The lowest BCUT2D eigenvalue weighted by atomic mass is 10.3. The number of nitrogens with zero attached hydrogens (tertiary/aromatic N) is 2. The second-order valence-corrected chi connectivity index (χ2v) is 7.19. The highest BCUT2D eigenvalue weighted by Gasteiger charge is 2.15. The molecule has 0 saturated heterocycles. The molecular formula is C17H17N3O3S2. The van der Waals surface area contributed by atoms with Gasteiger partial charge in [0.05, 0.1) is 28.9 Å². The van der Waals surface area contributed by atoms with Gasteiger partial charge >= 0.3 is 5.97 Å². The average molecular weight is 375 g/mol. The summed E-state index contributed by atoms with van der Waals surface area (Å²) in [5.74, 6) is 1.02. The number of carbonyl (C=O) groups is 2. The normalized spacial score (nSPS) is 10.8. The number of esters is 1. The third-order valence-corrected chi connectivity index (χ3v) is 5.09. The molecule has 0 radical (unpaired) electrons. The first-order valence-electron chi connectivity index (χ1n) is 7.53. The monoisotopic (exact) mass is 375 g/mol. The summed E-state index contributed by atoms with van der Waals surface area (Å²) in [6, 6.07) is 11.1. The molecule has 0 unspecified atom stereocenters. The number of fused-ring (bicyclic) bond motifs is 1. The standard InChI is InChI=1S/C17H17N3O3S2/c1-23-17(22)13-7-8-16(25-13)19-15(21)9-20-12-6-4-3-5-11(12)18-14(20)10-24-2/h3-8H,9-10H2,1-2H3,(H,19,21). The van der Waals surface area contributed by atoms with Gasteiger partial charge in [-0.25, -0.2) is 9.78 Å². The second-order valence-electron chi connectivity index (χ2n) is 5.24. The third-order valence-electron chi connectivity index (χ3n) is 3.56. The summed E-state index contributed by atoms with van der Waals surface area (Å²) in [4.78, 5) is 29.0. The molecule has 1 amide bonds. The van der Waals surface area contributed by atoms with Crippen LogP contribution in [0.5, 0.6) is 0 Å². The summed E-state index contributed by atoms with van der Waals surface area (Å²) < 4.78 is 6.60. The molecule has 0 aliphatic carbocycles. The molecule has 2 aromatic heterocycles. The number of thiophene rings is 1. The molecule has 3 rings (SSSR count). The van der Waals surface area contributed by atoms with Crippen LogP contribution in [-0.4, -0.2) is 34.8 Å². The minimum absolute atomic E-state index is 0.163. The fourth-order valence-corrected chi connectivity index (χ4v) is 3.80. The number of amides is 1. The van der Waals surface area contributed by atoms with Crippen molar-refractivity contribution in [2.75, 3.05) is 18.7 Å². The van der Waals surface area contributed by atoms with Gasteiger partial charge in [0.2, 0.25) is 5.91 Å². The van der Waals surface area contributed by atoms with E-state index in [-0.39, 0.29) is 12.5 Å². The number of rotatable bonds is 6. The lowest BCUT2D eigenvalue weighted by molar-refractivity contribution is -0.116. The van der Waals surface area contributed by atoms with Gasteiger partial charge in [-0.3, -0.25) is 4.79 Å². The Bertz CT molecular complexity index is 917. The van der Waals surface area contributed by atoms with E-state index >= 15 is 0 Å². The number of nitrogens with one attached hydrogen (secondary N) is 1. The highest BCUT2D eigenvalue weighted by Crippen LogP contribution is 2.23. The Hall–Kier alpha value is -2.32. The Kier molecular flexibility index (Phi) is 5.40. The topological polar surface area (TPSA) is 73.2 Å². The molecular weight excluding hydrogens is 358 g/mol. The number of ether oxygens (including phenoxy) is 1. The maximum atomic E-state index is 12.5. The molecule has 25 heavy (non-hydrogen) atoms. The van der Waals surface area contributed by atoms with E-state index in [0.29, 0.717) is 9.88 Å². The van der Waals surface area contributed by atoms with Gasteiger partial charge < -0.3 is 14.6 Å². The van der Waals surface area contributed by atoms with E-state index in [1.54, 1.807) is 23.9 Å². The average Bonchev–Trinajstić information content (AvgIpc) is 3.20. The van der Waals surface area contributed by atoms with Gasteiger partial charge in [-0.2, -0.15) is 11.8 Å². The van der Waals surface area contributed by atoms with Gasteiger partial charge in [-0.1, -0.05) is 12.1 Å². The Morgan fingerprint density at radius 1 is 1.28 bits per heavy atom. The molecule has 0 bridgehead atoms. The molecule has 0 aliphatic rings. The number of imidazole rings is 1.